The number of carbonyl (C=O) groups excluding carboxylic acids is 2. The van der Waals surface area contributed by atoms with Crippen LogP contribution in [0.2, 0.25) is 5.02 Å². The minimum atomic E-state index is -0.498. The number of esters is 1. The average molecular weight is 543 g/mol. The monoisotopic (exact) mass is 542 g/mol. The number of cyclic esters (lactones) is 1. The standard InChI is InChI=1S/C31H27ClN2O3S/c1-19-6-8-21(9-7-19)29-28(20-10-12-23(32)13-11-20)33-30(38-29)22-14-16-34(17-15-22)27(35)18-26-24-4-2-3-5-25(24)31(36)37-26/h2-13,22,26H,14-18H2,1H3. The van der Waals surface area contributed by atoms with Gasteiger partial charge >= 0.3 is 5.97 Å². The topological polar surface area (TPSA) is 59.5 Å². The van der Waals surface area contributed by atoms with Crippen LogP contribution in [0.1, 0.15) is 57.8 Å². The molecule has 1 unspecified atom stereocenters. The molecule has 5 nitrogen and oxygen atoms in total. The van der Waals surface area contributed by atoms with E-state index in [2.05, 4.69) is 31.2 Å². The molecule has 3 aromatic carbocycles. The Morgan fingerprint density at radius 1 is 1.00 bits per heavy atom. The Hall–Kier alpha value is -3.48. The maximum Gasteiger partial charge on any atom is 0.339 e. The molecule has 0 bridgehead atoms. The molecule has 192 valence electrons. The Balaban J connectivity index is 1.18. The molecule has 6 rings (SSSR count). The molecule has 2 aliphatic rings. The van der Waals surface area contributed by atoms with E-state index in [1.165, 1.54) is 5.56 Å². The molecule has 1 amide bonds. The maximum absolute atomic E-state index is 13.1. The summed E-state index contributed by atoms with van der Waals surface area (Å²) in [5.74, 6) is -0.0274. The number of fused-ring (bicyclic) bond motifs is 1. The van der Waals surface area contributed by atoms with Gasteiger partial charge in [-0.2, -0.15) is 0 Å². The van der Waals surface area contributed by atoms with Gasteiger partial charge in [0.2, 0.25) is 5.91 Å². The van der Waals surface area contributed by atoms with Crippen LogP contribution in [0.25, 0.3) is 21.7 Å². The zero-order chi connectivity index (χ0) is 26.2. The van der Waals surface area contributed by atoms with Gasteiger partial charge in [-0.05, 0) is 43.5 Å². The predicted molar refractivity (Wildman–Crippen MR) is 151 cm³/mol. The first kappa shape index (κ1) is 24.8. The van der Waals surface area contributed by atoms with Crippen molar-refractivity contribution in [2.45, 2.75) is 38.2 Å². The number of hydrogen-bond acceptors (Lipinski definition) is 5. The van der Waals surface area contributed by atoms with Crippen LogP contribution in [0.15, 0.2) is 72.8 Å². The molecular formula is C31H27ClN2O3S. The number of nitrogens with zero attached hydrogens (tertiary/aromatic N) is 2. The van der Waals surface area contributed by atoms with Gasteiger partial charge in [-0.1, -0.05) is 71.8 Å². The number of carbonyl (C=O) groups is 2. The molecular weight excluding hydrogens is 516 g/mol. The number of ether oxygens (including phenoxy) is 1. The van der Waals surface area contributed by atoms with E-state index >= 15 is 0 Å². The second-order valence-electron chi connectivity index (χ2n) is 9.94. The van der Waals surface area contributed by atoms with Crippen LogP contribution in [0.3, 0.4) is 0 Å². The fourth-order valence-corrected chi connectivity index (χ4v) is 6.64. The van der Waals surface area contributed by atoms with Crippen molar-refractivity contribution in [2.75, 3.05) is 13.1 Å². The minimum Gasteiger partial charge on any atom is -0.453 e. The predicted octanol–water partition coefficient (Wildman–Crippen LogP) is 7.45. The summed E-state index contributed by atoms with van der Waals surface area (Å²) in [4.78, 5) is 33.4. The largest absolute Gasteiger partial charge is 0.453 e. The first-order valence-corrected chi connectivity index (χ1v) is 14.1. The van der Waals surface area contributed by atoms with Crippen LogP contribution in [-0.4, -0.2) is 34.8 Å². The number of rotatable bonds is 5. The van der Waals surface area contributed by atoms with Crippen LogP contribution in [-0.2, 0) is 9.53 Å². The molecule has 2 aliphatic heterocycles. The number of amides is 1. The Labute approximate surface area is 231 Å². The molecule has 3 heterocycles. The lowest BCUT2D eigenvalue weighted by molar-refractivity contribution is -0.134. The second kappa shape index (κ2) is 10.4. The third kappa shape index (κ3) is 4.86. The zero-order valence-corrected chi connectivity index (χ0v) is 22.6. The van der Waals surface area contributed by atoms with Gasteiger partial charge in [-0.25, -0.2) is 9.78 Å². The van der Waals surface area contributed by atoms with Crippen LogP contribution in [0.4, 0.5) is 0 Å². The summed E-state index contributed by atoms with van der Waals surface area (Å²) in [7, 11) is 0. The Kier molecular flexibility index (Phi) is 6.76. The Bertz CT molecular complexity index is 1430. The van der Waals surface area contributed by atoms with Gasteiger partial charge in [-0.15, -0.1) is 11.3 Å². The molecule has 1 atom stereocenters. The number of hydrogen-bond donors (Lipinski definition) is 0. The van der Waals surface area contributed by atoms with E-state index in [0.717, 1.165) is 45.1 Å². The molecule has 1 aromatic heterocycles. The van der Waals surface area contributed by atoms with Gasteiger partial charge < -0.3 is 9.64 Å². The Morgan fingerprint density at radius 2 is 1.68 bits per heavy atom. The van der Waals surface area contributed by atoms with Crippen LogP contribution in [0.5, 0.6) is 0 Å². The van der Waals surface area contributed by atoms with Gasteiger partial charge in [0.25, 0.3) is 0 Å². The van der Waals surface area contributed by atoms with Crippen molar-refractivity contribution in [1.29, 1.82) is 0 Å². The fourth-order valence-electron chi connectivity index (χ4n) is 5.25. The molecule has 0 saturated carbocycles. The smallest absolute Gasteiger partial charge is 0.339 e. The molecule has 4 aromatic rings. The molecule has 1 fully saturated rings. The molecule has 38 heavy (non-hydrogen) atoms. The van der Waals surface area contributed by atoms with Crippen molar-refractivity contribution in [2.24, 2.45) is 0 Å². The highest BCUT2D eigenvalue weighted by atomic mass is 35.5. The Morgan fingerprint density at radius 3 is 2.42 bits per heavy atom. The molecule has 0 N–H and O–H groups in total. The van der Waals surface area contributed by atoms with Crippen molar-refractivity contribution in [3.05, 3.63) is 99.5 Å². The van der Waals surface area contributed by atoms with Crippen molar-refractivity contribution < 1.29 is 14.3 Å². The lowest BCUT2D eigenvalue weighted by atomic mass is 9.96. The molecule has 0 radical (unpaired) electrons. The first-order chi connectivity index (χ1) is 18.5. The van der Waals surface area contributed by atoms with Gasteiger partial charge in [0.1, 0.15) is 6.10 Å². The number of halogens is 1. The number of aryl methyl sites for hydroxylation is 1. The van der Waals surface area contributed by atoms with Crippen LogP contribution in [0, 0.1) is 6.92 Å². The van der Waals surface area contributed by atoms with E-state index in [1.807, 2.05) is 47.4 Å². The van der Waals surface area contributed by atoms with Crippen molar-refractivity contribution in [3.8, 4) is 21.7 Å². The number of thiazole rings is 1. The van der Waals surface area contributed by atoms with Gasteiger partial charge in [-0.3, -0.25) is 4.79 Å². The number of aromatic nitrogens is 1. The van der Waals surface area contributed by atoms with Gasteiger partial charge in [0, 0.05) is 35.2 Å². The van der Waals surface area contributed by atoms with E-state index in [4.69, 9.17) is 21.3 Å². The highest BCUT2D eigenvalue weighted by Crippen LogP contribution is 2.42. The molecule has 0 spiro atoms. The third-order valence-electron chi connectivity index (χ3n) is 7.41. The summed E-state index contributed by atoms with van der Waals surface area (Å²) >= 11 is 7.90. The van der Waals surface area contributed by atoms with Gasteiger partial charge in [0.05, 0.1) is 27.6 Å². The fraction of sp³-hybridized carbons (Fsp3) is 0.258. The van der Waals surface area contributed by atoms with Gasteiger partial charge in [0.15, 0.2) is 0 Å². The highest BCUT2D eigenvalue weighted by Gasteiger charge is 2.34. The maximum atomic E-state index is 13.1. The van der Waals surface area contributed by atoms with E-state index in [0.29, 0.717) is 29.6 Å². The van der Waals surface area contributed by atoms with E-state index < -0.39 is 6.10 Å². The summed E-state index contributed by atoms with van der Waals surface area (Å²) in [6.07, 6.45) is 1.39. The van der Waals surface area contributed by atoms with E-state index in [9.17, 15) is 9.59 Å². The summed E-state index contributed by atoms with van der Waals surface area (Å²) in [6.45, 7) is 3.43. The minimum absolute atomic E-state index is 0.0271. The average Bonchev–Trinajstić information content (AvgIpc) is 3.52. The van der Waals surface area contributed by atoms with Crippen molar-refractivity contribution in [1.82, 2.24) is 9.88 Å². The summed E-state index contributed by atoms with van der Waals surface area (Å²) < 4.78 is 5.50. The molecule has 7 heteroatoms. The molecule has 1 saturated heterocycles. The normalized spacial score (nSPS) is 17.4. The van der Waals surface area contributed by atoms with Crippen LogP contribution >= 0.6 is 22.9 Å². The summed E-state index contributed by atoms with van der Waals surface area (Å²) in [6, 6.07) is 23.7. The molecule has 0 aliphatic carbocycles. The SMILES string of the molecule is Cc1ccc(-c2sc(C3CCN(C(=O)CC4OC(=O)c5ccccc54)CC3)nc2-c2ccc(Cl)cc2)cc1. The van der Waals surface area contributed by atoms with Crippen molar-refractivity contribution >= 4 is 34.8 Å². The zero-order valence-electron chi connectivity index (χ0n) is 21.0. The van der Waals surface area contributed by atoms with E-state index in [-0.39, 0.29) is 18.3 Å². The lowest BCUT2D eigenvalue weighted by Crippen LogP contribution is -2.38. The lowest BCUT2D eigenvalue weighted by Gasteiger charge is -2.31. The number of likely N-dealkylation sites (tertiary alicyclic amines) is 1. The van der Waals surface area contributed by atoms with Crippen LogP contribution < -0.4 is 0 Å². The first-order valence-electron chi connectivity index (χ1n) is 12.9. The van der Waals surface area contributed by atoms with E-state index in [1.54, 1.807) is 17.4 Å². The summed E-state index contributed by atoms with van der Waals surface area (Å²) in [5, 5.41) is 1.81. The summed E-state index contributed by atoms with van der Waals surface area (Å²) in [5.41, 5.74) is 5.77. The highest BCUT2D eigenvalue weighted by molar-refractivity contribution is 7.15. The van der Waals surface area contributed by atoms with Crippen molar-refractivity contribution in [3.63, 3.8) is 0 Å². The third-order valence-corrected chi connectivity index (χ3v) is 8.93. The number of piperidine rings is 1. The number of benzene rings is 3. The quantitative estimate of drug-likeness (QED) is 0.246. The second-order valence-corrected chi connectivity index (χ2v) is 11.4.